The van der Waals surface area contributed by atoms with Gasteiger partial charge in [0, 0.05) is 4.88 Å². The van der Waals surface area contributed by atoms with Gasteiger partial charge in [-0.1, -0.05) is 30.3 Å². The average molecular weight is 329 g/mol. The lowest BCUT2D eigenvalue weighted by Gasteiger charge is -2.16. The van der Waals surface area contributed by atoms with E-state index in [4.69, 9.17) is 5.73 Å². The van der Waals surface area contributed by atoms with Gasteiger partial charge in [-0.25, -0.2) is 5.43 Å². The van der Waals surface area contributed by atoms with Crippen molar-refractivity contribution in [1.29, 1.82) is 0 Å². The molecule has 5 nitrogen and oxygen atoms in total. The van der Waals surface area contributed by atoms with Gasteiger partial charge in [0.15, 0.2) is 0 Å². The second-order valence-corrected chi connectivity index (χ2v) is 6.75. The van der Waals surface area contributed by atoms with Crippen molar-refractivity contribution in [2.75, 3.05) is 0 Å². The second-order valence-electron chi connectivity index (χ2n) is 5.61. The number of amides is 2. The van der Waals surface area contributed by atoms with Crippen molar-refractivity contribution in [3.63, 3.8) is 0 Å². The topological polar surface area (TPSA) is 84.2 Å². The zero-order valence-electron chi connectivity index (χ0n) is 12.7. The molecular formula is C17H19N3O2S. The number of benzene rings is 1. The van der Waals surface area contributed by atoms with E-state index in [1.54, 1.807) is 12.1 Å². The molecule has 6 heteroatoms. The molecule has 1 aromatic carbocycles. The van der Waals surface area contributed by atoms with Gasteiger partial charge in [0.05, 0.1) is 4.88 Å². The molecule has 1 heterocycles. The van der Waals surface area contributed by atoms with Gasteiger partial charge in [0.1, 0.15) is 6.04 Å². The van der Waals surface area contributed by atoms with Crippen molar-refractivity contribution in [2.24, 2.45) is 5.73 Å². The smallest absolute Gasteiger partial charge is 0.275 e. The van der Waals surface area contributed by atoms with E-state index in [0.717, 1.165) is 12.8 Å². The number of carbonyl (C=O) groups is 2. The van der Waals surface area contributed by atoms with E-state index in [2.05, 4.69) is 10.9 Å². The summed E-state index contributed by atoms with van der Waals surface area (Å²) in [6.45, 7) is 0. The van der Waals surface area contributed by atoms with Crippen LogP contribution in [0.25, 0.3) is 0 Å². The van der Waals surface area contributed by atoms with Crippen LogP contribution < -0.4 is 16.6 Å². The van der Waals surface area contributed by atoms with Crippen molar-refractivity contribution in [1.82, 2.24) is 10.9 Å². The number of hydrogen-bond acceptors (Lipinski definition) is 4. The SMILES string of the molecule is NC(=O)[C@@H](NNC(=O)c1cc2c(s1)CCCC2)c1ccccc1. The van der Waals surface area contributed by atoms with Crippen LogP contribution in [0.15, 0.2) is 36.4 Å². The lowest BCUT2D eigenvalue weighted by molar-refractivity contribution is -0.120. The summed E-state index contributed by atoms with van der Waals surface area (Å²) in [5, 5.41) is 0. The third kappa shape index (κ3) is 3.60. The number of fused-ring (bicyclic) bond motifs is 1. The number of aryl methyl sites for hydroxylation is 2. The molecule has 0 radical (unpaired) electrons. The maximum atomic E-state index is 12.3. The second kappa shape index (κ2) is 6.93. The number of rotatable bonds is 5. The Balaban J connectivity index is 1.67. The van der Waals surface area contributed by atoms with Crippen molar-refractivity contribution in [2.45, 2.75) is 31.7 Å². The fourth-order valence-corrected chi connectivity index (χ4v) is 3.91. The highest BCUT2D eigenvalue weighted by molar-refractivity contribution is 7.14. The summed E-state index contributed by atoms with van der Waals surface area (Å²) in [6, 6.07) is 10.3. The molecule has 1 aliphatic carbocycles. The van der Waals surface area contributed by atoms with E-state index >= 15 is 0 Å². The van der Waals surface area contributed by atoms with Gasteiger partial charge in [0.2, 0.25) is 5.91 Å². The summed E-state index contributed by atoms with van der Waals surface area (Å²) >= 11 is 1.53. The number of primary amides is 1. The van der Waals surface area contributed by atoms with E-state index in [-0.39, 0.29) is 5.91 Å². The van der Waals surface area contributed by atoms with E-state index in [9.17, 15) is 9.59 Å². The molecule has 1 aromatic heterocycles. The molecule has 120 valence electrons. The first-order valence-corrected chi connectivity index (χ1v) is 8.48. The Kier molecular flexibility index (Phi) is 4.73. The van der Waals surface area contributed by atoms with Crippen LogP contribution in [0.4, 0.5) is 0 Å². The molecule has 0 saturated heterocycles. The van der Waals surface area contributed by atoms with Crippen LogP contribution in [0, 0.1) is 0 Å². The maximum absolute atomic E-state index is 12.3. The molecule has 0 fully saturated rings. The van der Waals surface area contributed by atoms with Gasteiger partial charge in [-0.2, -0.15) is 0 Å². The van der Waals surface area contributed by atoms with Crippen LogP contribution in [0.2, 0.25) is 0 Å². The molecule has 0 unspecified atom stereocenters. The monoisotopic (exact) mass is 329 g/mol. The fraction of sp³-hybridized carbons (Fsp3) is 0.294. The minimum Gasteiger partial charge on any atom is -0.368 e. The molecule has 2 aromatic rings. The highest BCUT2D eigenvalue weighted by Crippen LogP contribution is 2.29. The number of nitrogens with two attached hydrogens (primary N) is 1. The molecule has 0 spiro atoms. The predicted molar refractivity (Wildman–Crippen MR) is 89.9 cm³/mol. The standard InChI is InChI=1S/C17H19N3O2S/c18-16(21)15(11-6-2-1-3-7-11)19-20-17(22)14-10-12-8-4-5-9-13(12)23-14/h1-3,6-7,10,15,19H,4-5,8-9H2,(H2,18,21)(H,20,22)/t15-/m0/s1. The van der Waals surface area contributed by atoms with Crippen LogP contribution in [0.3, 0.4) is 0 Å². The Morgan fingerprint density at radius 3 is 2.57 bits per heavy atom. The molecular weight excluding hydrogens is 310 g/mol. The van der Waals surface area contributed by atoms with Gasteiger partial charge in [-0.3, -0.25) is 15.0 Å². The number of thiophene rings is 1. The quantitative estimate of drug-likeness (QED) is 0.734. The van der Waals surface area contributed by atoms with Crippen molar-refractivity contribution in [3.8, 4) is 0 Å². The molecule has 23 heavy (non-hydrogen) atoms. The first-order chi connectivity index (χ1) is 11.1. The molecule has 1 atom stereocenters. The lowest BCUT2D eigenvalue weighted by atomic mass is 9.99. The number of hydrazine groups is 1. The highest BCUT2D eigenvalue weighted by Gasteiger charge is 2.20. The minimum atomic E-state index is -0.755. The summed E-state index contributed by atoms with van der Waals surface area (Å²) in [6.07, 6.45) is 4.46. The summed E-state index contributed by atoms with van der Waals surface area (Å²) in [7, 11) is 0. The molecule has 0 aliphatic heterocycles. The molecule has 3 rings (SSSR count). The molecule has 2 amide bonds. The van der Waals surface area contributed by atoms with Crippen molar-refractivity contribution < 1.29 is 9.59 Å². The zero-order chi connectivity index (χ0) is 16.2. The first-order valence-electron chi connectivity index (χ1n) is 7.67. The van der Waals surface area contributed by atoms with Crippen molar-refractivity contribution in [3.05, 3.63) is 57.3 Å². The maximum Gasteiger partial charge on any atom is 0.275 e. The highest BCUT2D eigenvalue weighted by atomic mass is 32.1. The van der Waals surface area contributed by atoms with Crippen LogP contribution in [0.1, 0.15) is 44.6 Å². The summed E-state index contributed by atoms with van der Waals surface area (Å²) in [5.74, 6) is -0.770. The first kappa shape index (κ1) is 15.7. The molecule has 0 saturated carbocycles. The average Bonchev–Trinajstić information content (AvgIpc) is 2.99. The van der Waals surface area contributed by atoms with E-state index in [1.807, 2.05) is 24.3 Å². The van der Waals surface area contributed by atoms with E-state index < -0.39 is 11.9 Å². The van der Waals surface area contributed by atoms with E-state index in [1.165, 1.54) is 34.6 Å². The van der Waals surface area contributed by atoms with Crippen LogP contribution in [-0.4, -0.2) is 11.8 Å². The Morgan fingerprint density at radius 2 is 1.87 bits per heavy atom. The van der Waals surface area contributed by atoms with Gasteiger partial charge < -0.3 is 5.73 Å². The van der Waals surface area contributed by atoms with Crippen molar-refractivity contribution >= 4 is 23.2 Å². The van der Waals surface area contributed by atoms with Gasteiger partial charge in [-0.05, 0) is 42.9 Å². The fourth-order valence-electron chi connectivity index (χ4n) is 2.77. The predicted octanol–water partition coefficient (Wildman–Crippen LogP) is 2.09. The summed E-state index contributed by atoms with van der Waals surface area (Å²) in [5.41, 5.74) is 12.8. The Morgan fingerprint density at radius 1 is 1.13 bits per heavy atom. The van der Waals surface area contributed by atoms with Crippen LogP contribution in [0.5, 0.6) is 0 Å². The van der Waals surface area contributed by atoms with Crippen LogP contribution in [-0.2, 0) is 17.6 Å². The van der Waals surface area contributed by atoms with Gasteiger partial charge in [0.25, 0.3) is 5.91 Å². The normalized spacial score (nSPS) is 14.8. The van der Waals surface area contributed by atoms with Gasteiger partial charge >= 0.3 is 0 Å². The Labute approximate surface area is 138 Å². The third-order valence-electron chi connectivity index (χ3n) is 3.97. The number of nitrogens with one attached hydrogen (secondary N) is 2. The minimum absolute atomic E-state index is 0.230. The number of carbonyl (C=O) groups excluding carboxylic acids is 2. The van der Waals surface area contributed by atoms with Gasteiger partial charge in [-0.15, -0.1) is 11.3 Å². The largest absolute Gasteiger partial charge is 0.368 e. The number of hydrogen-bond donors (Lipinski definition) is 3. The Bertz CT molecular complexity index is 688. The summed E-state index contributed by atoms with van der Waals surface area (Å²) in [4.78, 5) is 25.9. The van der Waals surface area contributed by atoms with Crippen LogP contribution >= 0.6 is 11.3 Å². The third-order valence-corrected chi connectivity index (χ3v) is 5.20. The van der Waals surface area contributed by atoms with E-state index in [0.29, 0.717) is 10.4 Å². The Hall–Kier alpha value is -2.18. The summed E-state index contributed by atoms with van der Waals surface area (Å²) < 4.78 is 0. The zero-order valence-corrected chi connectivity index (χ0v) is 13.5. The molecule has 4 N–H and O–H groups in total. The molecule has 1 aliphatic rings. The molecule has 0 bridgehead atoms. The lowest BCUT2D eigenvalue weighted by Crippen LogP contribution is -2.44.